The van der Waals surface area contributed by atoms with Crippen molar-refractivity contribution in [3.8, 4) is 0 Å². The lowest BCUT2D eigenvalue weighted by Crippen LogP contribution is -2.33. The number of amides is 1. The quantitative estimate of drug-likeness (QED) is 0.861. The minimum atomic E-state index is -3.70. The van der Waals surface area contributed by atoms with Crippen LogP contribution in [0.4, 0.5) is 0 Å². The van der Waals surface area contributed by atoms with Gasteiger partial charge in [-0.15, -0.1) is 0 Å². The largest absolute Gasteiger partial charge is 0.349 e. The molecule has 0 spiro atoms. The SMILES string of the molecule is CC(NC(=O)C1CCCCC1)c1ccc(S(=O)(=O)Cl)cc1. The maximum atomic E-state index is 12.2. The Bertz CT molecular complexity index is 592. The van der Waals surface area contributed by atoms with Crippen molar-refractivity contribution in [3.63, 3.8) is 0 Å². The molecule has 0 bridgehead atoms. The molecule has 0 heterocycles. The molecule has 1 aliphatic rings. The highest BCUT2D eigenvalue weighted by atomic mass is 35.7. The van der Waals surface area contributed by atoms with Gasteiger partial charge < -0.3 is 5.32 Å². The molecule has 1 N–H and O–H groups in total. The van der Waals surface area contributed by atoms with Crippen LogP contribution in [0.25, 0.3) is 0 Å². The van der Waals surface area contributed by atoms with Gasteiger partial charge in [0.15, 0.2) is 0 Å². The van der Waals surface area contributed by atoms with E-state index in [9.17, 15) is 13.2 Å². The maximum absolute atomic E-state index is 12.2. The molecule has 1 aromatic rings. The highest BCUT2D eigenvalue weighted by molar-refractivity contribution is 8.13. The Balaban J connectivity index is 1.99. The lowest BCUT2D eigenvalue weighted by molar-refractivity contribution is -0.126. The van der Waals surface area contributed by atoms with Gasteiger partial charge in [-0.1, -0.05) is 31.4 Å². The summed E-state index contributed by atoms with van der Waals surface area (Å²) in [7, 11) is 1.58. The first kappa shape index (κ1) is 16.3. The number of hydrogen-bond acceptors (Lipinski definition) is 3. The van der Waals surface area contributed by atoms with Gasteiger partial charge in [-0.2, -0.15) is 0 Å². The van der Waals surface area contributed by atoms with Gasteiger partial charge in [0.05, 0.1) is 10.9 Å². The number of rotatable bonds is 4. The van der Waals surface area contributed by atoms with E-state index in [1.54, 1.807) is 12.1 Å². The predicted molar refractivity (Wildman–Crippen MR) is 82.6 cm³/mol. The first-order valence-electron chi connectivity index (χ1n) is 7.23. The van der Waals surface area contributed by atoms with Gasteiger partial charge in [-0.05, 0) is 37.5 Å². The van der Waals surface area contributed by atoms with Crippen LogP contribution in [0, 0.1) is 5.92 Å². The van der Waals surface area contributed by atoms with E-state index in [0.717, 1.165) is 31.2 Å². The number of carbonyl (C=O) groups excluding carboxylic acids is 1. The first-order valence-corrected chi connectivity index (χ1v) is 9.54. The second-order valence-corrected chi connectivity index (χ2v) is 8.14. The summed E-state index contributed by atoms with van der Waals surface area (Å²) in [6, 6.07) is 6.14. The fraction of sp³-hybridized carbons (Fsp3) is 0.533. The van der Waals surface area contributed by atoms with Crippen molar-refractivity contribution in [3.05, 3.63) is 29.8 Å². The molecule has 1 amide bonds. The van der Waals surface area contributed by atoms with Gasteiger partial charge in [0.1, 0.15) is 0 Å². The van der Waals surface area contributed by atoms with Crippen molar-refractivity contribution in [2.45, 2.75) is 50.0 Å². The van der Waals surface area contributed by atoms with E-state index in [-0.39, 0.29) is 22.8 Å². The summed E-state index contributed by atoms with van der Waals surface area (Å²) in [5.41, 5.74) is 0.864. The normalized spacial score (nSPS) is 18.2. The molecule has 0 aliphatic heterocycles. The second kappa shape index (κ2) is 6.79. The highest BCUT2D eigenvalue weighted by Crippen LogP contribution is 2.25. The molecule has 0 aromatic heterocycles. The van der Waals surface area contributed by atoms with Crippen molar-refractivity contribution in [2.75, 3.05) is 0 Å². The molecule has 2 rings (SSSR count). The fourth-order valence-corrected chi connectivity index (χ4v) is 3.47. The molecule has 1 unspecified atom stereocenters. The molecule has 21 heavy (non-hydrogen) atoms. The summed E-state index contributed by atoms with van der Waals surface area (Å²) in [6.07, 6.45) is 5.38. The molecule has 1 aliphatic carbocycles. The average molecular weight is 330 g/mol. The van der Waals surface area contributed by atoms with Crippen molar-refractivity contribution in [2.24, 2.45) is 5.92 Å². The van der Waals surface area contributed by atoms with Crippen LogP contribution in [0.1, 0.15) is 50.6 Å². The van der Waals surface area contributed by atoms with E-state index in [1.165, 1.54) is 18.6 Å². The minimum Gasteiger partial charge on any atom is -0.349 e. The standard InChI is InChI=1S/C15H20ClNO3S/c1-11(17-15(18)13-5-3-2-4-6-13)12-7-9-14(10-8-12)21(16,19)20/h7-11,13H,2-6H2,1H3,(H,17,18). The zero-order valence-electron chi connectivity index (χ0n) is 12.0. The second-order valence-electron chi connectivity index (χ2n) is 5.57. The Morgan fingerprint density at radius 3 is 2.29 bits per heavy atom. The number of benzene rings is 1. The van der Waals surface area contributed by atoms with Crippen LogP contribution in [0.3, 0.4) is 0 Å². The Morgan fingerprint density at radius 1 is 1.19 bits per heavy atom. The van der Waals surface area contributed by atoms with Crippen LogP contribution in [0.2, 0.25) is 0 Å². The van der Waals surface area contributed by atoms with Gasteiger partial charge in [0, 0.05) is 16.6 Å². The van der Waals surface area contributed by atoms with Crippen LogP contribution in [0.5, 0.6) is 0 Å². The number of hydrogen-bond donors (Lipinski definition) is 1. The fourth-order valence-electron chi connectivity index (χ4n) is 2.70. The van der Waals surface area contributed by atoms with E-state index >= 15 is 0 Å². The van der Waals surface area contributed by atoms with Crippen LogP contribution in [-0.2, 0) is 13.8 Å². The van der Waals surface area contributed by atoms with Crippen LogP contribution in [0.15, 0.2) is 29.2 Å². The Morgan fingerprint density at radius 2 is 1.76 bits per heavy atom. The monoisotopic (exact) mass is 329 g/mol. The first-order chi connectivity index (χ1) is 9.88. The summed E-state index contributed by atoms with van der Waals surface area (Å²) < 4.78 is 22.4. The van der Waals surface area contributed by atoms with E-state index in [4.69, 9.17) is 10.7 Å². The van der Waals surface area contributed by atoms with Crippen LogP contribution in [-0.4, -0.2) is 14.3 Å². The third-order valence-corrected chi connectivity index (χ3v) is 5.37. The summed E-state index contributed by atoms with van der Waals surface area (Å²) >= 11 is 0. The molecule has 1 atom stereocenters. The van der Waals surface area contributed by atoms with E-state index in [2.05, 4.69) is 5.32 Å². The smallest absolute Gasteiger partial charge is 0.261 e. The van der Waals surface area contributed by atoms with Gasteiger partial charge >= 0.3 is 0 Å². The summed E-state index contributed by atoms with van der Waals surface area (Å²) in [5.74, 6) is 0.208. The molecule has 6 heteroatoms. The lowest BCUT2D eigenvalue weighted by Gasteiger charge is -2.23. The third kappa shape index (κ3) is 4.45. The summed E-state index contributed by atoms with van der Waals surface area (Å²) in [4.78, 5) is 12.2. The molecule has 0 saturated heterocycles. The Hall–Kier alpha value is -1.07. The third-order valence-electron chi connectivity index (χ3n) is 4.00. The van der Waals surface area contributed by atoms with Crippen molar-refractivity contribution < 1.29 is 13.2 Å². The zero-order valence-corrected chi connectivity index (χ0v) is 13.6. The van der Waals surface area contributed by atoms with E-state index in [0.29, 0.717) is 0 Å². The predicted octanol–water partition coefficient (Wildman–Crippen LogP) is 3.37. The Kier molecular flexibility index (Phi) is 5.27. The molecular formula is C15H20ClNO3S. The Labute approximate surface area is 130 Å². The molecule has 4 nitrogen and oxygen atoms in total. The molecule has 0 radical (unpaired) electrons. The van der Waals surface area contributed by atoms with Gasteiger partial charge in [0.25, 0.3) is 9.05 Å². The average Bonchev–Trinajstić information content (AvgIpc) is 2.47. The van der Waals surface area contributed by atoms with Gasteiger partial charge in [0.2, 0.25) is 5.91 Å². The highest BCUT2D eigenvalue weighted by Gasteiger charge is 2.22. The molecule has 1 saturated carbocycles. The van der Waals surface area contributed by atoms with Gasteiger partial charge in [-0.25, -0.2) is 8.42 Å². The molecule has 116 valence electrons. The van der Waals surface area contributed by atoms with E-state index in [1.807, 2.05) is 6.92 Å². The number of carbonyl (C=O) groups is 1. The van der Waals surface area contributed by atoms with Crippen molar-refractivity contribution in [1.82, 2.24) is 5.32 Å². The minimum absolute atomic E-state index is 0.0683. The molecule has 1 fully saturated rings. The topological polar surface area (TPSA) is 63.2 Å². The van der Waals surface area contributed by atoms with Crippen molar-refractivity contribution in [1.29, 1.82) is 0 Å². The summed E-state index contributed by atoms with van der Waals surface area (Å²) in [6.45, 7) is 1.89. The summed E-state index contributed by atoms with van der Waals surface area (Å²) in [5, 5.41) is 3.00. The molecular weight excluding hydrogens is 310 g/mol. The number of nitrogens with one attached hydrogen (secondary N) is 1. The number of halogens is 1. The van der Waals surface area contributed by atoms with Crippen LogP contribution >= 0.6 is 10.7 Å². The zero-order chi connectivity index (χ0) is 15.5. The lowest BCUT2D eigenvalue weighted by atomic mass is 9.88. The van der Waals surface area contributed by atoms with Crippen LogP contribution < -0.4 is 5.32 Å². The van der Waals surface area contributed by atoms with E-state index < -0.39 is 9.05 Å². The maximum Gasteiger partial charge on any atom is 0.261 e. The van der Waals surface area contributed by atoms with Crippen molar-refractivity contribution >= 4 is 25.6 Å². The molecule has 1 aromatic carbocycles. The van der Waals surface area contributed by atoms with Gasteiger partial charge in [-0.3, -0.25) is 4.79 Å².